The van der Waals surface area contributed by atoms with Crippen LogP contribution in [0.3, 0.4) is 0 Å². The number of amides is 1. The first-order valence-electron chi connectivity index (χ1n) is 10.8. The number of carbonyl (C=O) groups is 3. The van der Waals surface area contributed by atoms with Crippen molar-refractivity contribution in [1.82, 2.24) is 9.47 Å². The Balaban J connectivity index is 1.72. The number of benzene rings is 2. The van der Waals surface area contributed by atoms with Gasteiger partial charge in [0.1, 0.15) is 18.1 Å². The fraction of sp³-hybridized carbons (Fsp3) is 0.280. The summed E-state index contributed by atoms with van der Waals surface area (Å²) >= 11 is 0. The third-order valence-electron chi connectivity index (χ3n) is 5.36. The highest BCUT2D eigenvalue weighted by molar-refractivity contribution is 6.08. The monoisotopic (exact) mass is 464 g/mol. The molecule has 0 spiro atoms. The van der Waals surface area contributed by atoms with E-state index >= 15 is 0 Å². The van der Waals surface area contributed by atoms with Crippen molar-refractivity contribution in [2.45, 2.75) is 19.8 Å². The number of nitrogens with zero attached hydrogens (tertiary/aromatic N) is 2. The van der Waals surface area contributed by atoms with Crippen molar-refractivity contribution < 1.29 is 23.9 Å². The summed E-state index contributed by atoms with van der Waals surface area (Å²) in [6.45, 7) is 1.69. The van der Waals surface area contributed by atoms with Crippen molar-refractivity contribution >= 4 is 34.6 Å². The molecule has 1 heterocycles. The summed E-state index contributed by atoms with van der Waals surface area (Å²) in [6, 6.07) is 12.3. The molecule has 0 saturated carbocycles. The van der Waals surface area contributed by atoms with Crippen LogP contribution in [0.4, 0.5) is 4.79 Å². The number of nitrogens with two attached hydrogens (primary N) is 1. The summed E-state index contributed by atoms with van der Waals surface area (Å²) in [6.07, 6.45) is 1.90. The van der Waals surface area contributed by atoms with Crippen LogP contribution < -0.4 is 10.5 Å². The Hall–Kier alpha value is -4.14. The maximum atomic E-state index is 13.0. The van der Waals surface area contributed by atoms with E-state index in [-0.39, 0.29) is 30.5 Å². The smallest absolute Gasteiger partial charge is 0.415 e. The number of hydrogen-bond acceptors (Lipinski definition) is 6. The topological polar surface area (TPSA) is 128 Å². The number of Topliss-reactive ketones (excluding diaryl/α,β-unsaturated/α-hetero) is 1. The van der Waals surface area contributed by atoms with Gasteiger partial charge in [0.15, 0.2) is 5.78 Å². The summed E-state index contributed by atoms with van der Waals surface area (Å²) in [5.74, 6) is -0.288. The van der Waals surface area contributed by atoms with E-state index in [1.807, 2.05) is 23.7 Å². The largest absolute Gasteiger partial charge is 0.465 e. The van der Waals surface area contributed by atoms with E-state index < -0.39 is 12.1 Å². The molecule has 0 radical (unpaired) electrons. The van der Waals surface area contributed by atoms with Gasteiger partial charge in [-0.2, -0.15) is 0 Å². The predicted molar refractivity (Wildman–Crippen MR) is 128 cm³/mol. The summed E-state index contributed by atoms with van der Waals surface area (Å²) < 4.78 is 12.1. The first-order valence-corrected chi connectivity index (χ1v) is 10.8. The molecule has 0 unspecified atom stereocenters. The van der Waals surface area contributed by atoms with Crippen LogP contribution >= 0.6 is 0 Å². The minimum absolute atomic E-state index is 0.00183. The van der Waals surface area contributed by atoms with Crippen LogP contribution in [0.5, 0.6) is 5.75 Å². The molecule has 1 aromatic heterocycles. The molecule has 0 fully saturated rings. The average Bonchev–Trinajstić information content (AvgIpc) is 3.13. The lowest BCUT2D eigenvalue weighted by molar-refractivity contribution is -0.143. The zero-order chi connectivity index (χ0) is 24.8. The van der Waals surface area contributed by atoms with Crippen LogP contribution in [0.1, 0.15) is 34.8 Å². The molecule has 3 N–H and O–H groups in total. The first-order chi connectivity index (χ1) is 16.2. The van der Waals surface area contributed by atoms with Crippen molar-refractivity contribution in [1.29, 1.82) is 5.41 Å². The van der Waals surface area contributed by atoms with Crippen molar-refractivity contribution in [3.05, 3.63) is 65.4 Å². The standard InChI is InChI=1S/C25H28N4O5/c1-4-33-23(31)15-29(3)25(32)34-18-10-11-21-19(13-18)20(14-28(21)2)22(30)12-7-16-5-8-17(9-6-16)24(26)27/h5-6,8-11,13-14H,4,7,12,15H2,1-3H3,(H3,26,27). The molecule has 0 aliphatic heterocycles. The Kier molecular flexibility index (Phi) is 7.68. The second-order valence-electron chi connectivity index (χ2n) is 7.90. The summed E-state index contributed by atoms with van der Waals surface area (Å²) in [7, 11) is 3.29. The molecule has 0 aliphatic carbocycles. The van der Waals surface area contributed by atoms with Gasteiger partial charge in [-0.1, -0.05) is 24.3 Å². The first kappa shape index (κ1) is 24.5. The molecular weight excluding hydrogens is 436 g/mol. The minimum atomic E-state index is -0.704. The Morgan fingerprint density at radius 3 is 2.47 bits per heavy atom. The third-order valence-corrected chi connectivity index (χ3v) is 5.36. The van der Waals surface area contributed by atoms with Crippen LogP contribution in [-0.2, 0) is 23.0 Å². The summed E-state index contributed by atoms with van der Waals surface area (Å²) in [4.78, 5) is 38.1. The van der Waals surface area contributed by atoms with E-state index in [1.165, 1.54) is 7.05 Å². The van der Waals surface area contributed by atoms with E-state index in [0.29, 0.717) is 29.4 Å². The van der Waals surface area contributed by atoms with Crippen molar-refractivity contribution in [3.63, 3.8) is 0 Å². The highest BCUT2D eigenvalue weighted by Crippen LogP contribution is 2.27. The predicted octanol–water partition coefficient (Wildman–Crippen LogP) is 3.27. The lowest BCUT2D eigenvalue weighted by Crippen LogP contribution is -2.35. The fourth-order valence-corrected chi connectivity index (χ4v) is 3.54. The van der Waals surface area contributed by atoms with Gasteiger partial charge < -0.3 is 19.8 Å². The molecular formula is C25H28N4O5. The number of nitrogen functional groups attached to an aromatic ring is 1. The molecule has 0 atom stereocenters. The van der Waals surface area contributed by atoms with Gasteiger partial charge in [-0.05, 0) is 37.1 Å². The zero-order valence-electron chi connectivity index (χ0n) is 19.5. The Morgan fingerprint density at radius 2 is 1.82 bits per heavy atom. The van der Waals surface area contributed by atoms with Gasteiger partial charge in [-0.25, -0.2) is 4.79 Å². The van der Waals surface area contributed by atoms with Crippen molar-refractivity contribution in [2.24, 2.45) is 12.8 Å². The maximum Gasteiger partial charge on any atom is 0.415 e. The molecule has 3 aromatic rings. The summed E-state index contributed by atoms with van der Waals surface area (Å²) in [5.41, 5.74) is 8.46. The number of hydrogen-bond donors (Lipinski definition) is 2. The molecule has 9 heteroatoms. The lowest BCUT2D eigenvalue weighted by Gasteiger charge is -2.15. The number of nitrogens with one attached hydrogen (secondary N) is 1. The maximum absolute atomic E-state index is 13.0. The van der Waals surface area contributed by atoms with E-state index in [4.69, 9.17) is 20.6 Å². The highest BCUT2D eigenvalue weighted by Gasteiger charge is 2.18. The number of ketones is 1. The quantitative estimate of drug-likeness (QED) is 0.216. The molecule has 2 aromatic carbocycles. The fourth-order valence-electron chi connectivity index (χ4n) is 3.54. The molecule has 0 aliphatic rings. The number of ether oxygens (including phenoxy) is 2. The van der Waals surface area contributed by atoms with E-state index in [1.54, 1.807) is 43.5 Å². The number of rotatable bonds is 9. The average molecular weight is 465 g/mol. The number of aromatic nitrogens is 1. The van der Waals surface area contributed by atoms with Crippen LogP contribution in [0.2, 0.25) is 0 Å². The van der Waals surface area contributed by atoms with Crippen LogP contribution in [0.25, 0.3) is 10.9 Å². The third kappa shape index (κ3) is 5.80. The summed E-state index contributed by atoms with van der Waals surface area (Å²) in [5, 5.41) is 8.14. The van der Waals surface area contributed by atoms with Gasteiger partial charge >= 0.3 is 12.1 Å². The van der Waals surface area contributed by atoms with Gasteiger partial charge in [0.05, 0.1) is 6.61 Å². The number of fused-ring (bicyclic) bond motifs is 1. The Bertz CT molecular complexity index is 1230. The lowest BCUT2D eigenvalue weighted by atomic mass is 10.0. The minimum Gasteiger partial charge on any atom is -0.465 e. The Labute approximate surface area is 197 Å². The number of aryl methyl sites for hydroxylation is 2. The van der Waals surface area contributed by atoms with Gasteiger partial charge in [0, 0.05) is 48.7 Å². The molecule has 3 rings (SSSR count). The van der Waals surface area contributed by atoms with Gasteiger partial charge in [0.25, 0.3) is 0 Å². The van der Waals surface area contributed by atoms with E-state index in [9.17, 15) is 14.4 Å². The Morgan fingerprint density at radius 1 is 1.12 bits per heavy atom. The number of amidine groups is 1. The number of carbonyl (C=O) groups excluding carboxylic acids is 3. The number of likely N-dealkylation sites (N-methyl/N-ethyl adjacent to an activating group) is 1. The van der Waals surface area contributed by atoms with Crippen molar-refractivity contribution in [3.8, 4) is 5.75 Å². The highest BCUT2D eigenvalue weighted by atomic mass is 16.6. The molecule has 178 valence electrons. The van der Waals surface area contributed by atoms with Gasteiger partial charge in [0.2, 0.25) is 0 Å². The molecule has 34 heavy (non-hydrogen) atoms. The van der Waals surface area contributed by atoms with E-state index in [0.717, 1.165) is 16.0 Å². The molecule has 0 bridgehead atoms. The van der Waals surface area contributed by atoms with Crippen LogP contribution in [0.15, 0.2) is 48.7 Å². The van der Waals surface area contributed by atoms with Gasteiger partial charge in [-0.15, -0.1) is 0 Å². The van der Waals surface area contributed by atoms with Crippen LogP contribution in [-0.4, -0.2) is 53.3 Å². The number of esters is 1. The van der Waals surface area contributed by atoms with Crippen molar-refractivity contribution in [2.75, 3.05) is 20.2 Å². The van der Waals surface area contributed by atoms with Gasteiger partial charge in [-0.3, -0.25) is 19.9 Å². The SMILES string of the molecule is CCOC(=O)CN(C)C(=O)Oc1ccc2c(c1)c(C(=O)CCc1ccc(C(=N)N)cc1)cn2C. The second-order valence-corrected chi connectivity index (χ2v) is 7.90. The van der Waals surface area contributed by atoms with Crippen LogP contribution in [0, 0.1) is 5.41 Å². The normalized spacial score (nSPS) is 10.7. The molecule has 9 nitrogen and oxygen atoms in total. The molecule has 1 amide bonds. The second kappa shape index (κ2) is 10.7. The van der Waals surface area contributed by atoms with E-state index in [2.05, 4.69) is 0 Å². The molecule has 0 saturated heterocycles. The zero-order valence-corrected chi connectivity index (χ0v) is 19.5.